The maximum atomic E-state index is 4.82. The summed E-state index contributed by atoms with van der Waals surface area (Å²) in [5, 5.41) is 8.07. The summed E-state index contributed by atoms with van der Waals surface area (Å²) >= 11 is 0. The molecule has 2 heterocycles. The number of para-hydroxylation sites is 1. The van der Waals surface area contributed by atoms with Crippen molar-refractivity contribution in [1.29, 1.82) is 0 Å². The average Bonchev–Trinajstić information content (AvgIpc) is 3.22. The van der Waals surface area contributed by atoms with E-state index in [2.05, 4.69) is 34.7 Å². The Morgan fingerprint density at radius 2 is 2.05 bits per heavy atom. The van der Waals surface area contributed by atoms with E-state index in [9.17, 15) is 0 Å². The van der Waals surface area contributed by atoms with Crippen LogP contribution in [0.25, 0.3) is 0 Å². The summed E-state index contributed by atoms with van der Waals surface area (Å²) in [4.78, 5) is 4.82. The molecule has 0 saturated heterocycles. The van der Waals surface area contributed by atoms with E-state index < -0.39 is 0 Å². The van der Waals surface area contributed by atoms with Crippen LogP contribution in [-0.2, 0) is 7.05 Å². The maximum Gasteiger partial charge on any atom is 0.154 e. The Morgan fingerprint density at radius 1 is 1.21 bits per heavy atom. The minimum Gasteiger partial charge on any atom is -0.385 e. The molecule has 4 nitrogen and oxygen atoms in total. The van der Waals surface area contributed by atoms with E-state index in [1.165, 1.54) is 24.1 Å². The zero-order chi connectivity index (χ0) is 12.8. The van der Waals surface area contributed by atoms with Crippen molar-refractivity contribution in [2.24, 2.45) is 7.05 Å². The van der Waals surface area contributed by atoms with Crippen LogP contribution in [0.2, 0.25) is 0 Å². The number of fused-ring (bicyclic) bond motifs is 1. The Labute approximate surface area is 112 Å². The molecule has 1 fully saturated rings. The van der Waals surface area contributed by atoms with Crippen molar-refractivity contribution in [3.63, 3.8) is 0 Å². The van der Waals surface area contributed by atoms with Crippen molar-refractivity contribution >= 4 is 5.69 Å². The van der Waals surface area contributed by atoms with Crippen LogP contribution < -0.4 is 5.32 Å². The molecule has 1 aliphatic heterocycles. The Morgan fingerprint density at radius 3 is 2.89 bits per heavy atom. The number of benzene rings is 1. The largest absolute Gasteiger partial charge is 0.385 e. The predicted molar refractivity (Wildman–Crippen MR) is 74.4 cm³/mol. The molecule has 98 valence electrons. The van der Waals surface area contributed by atoms with Crippen LogP contribution in [0.5, 0.6) is 0 Å². The summed E-state index contributed by atoms with van der Waals surface area (Å²) in [5.74, 6) is 3.17. The third kappa shape index (κ3) is 1.82. The lowest BCUT2D eigenvalue weighted by molar-refractivity contribution is 0.612. The van der Waals surface area contributed by atoms with Gasteiger partial charge in [0.2, 0.25) is 0 Å². The van der Waals surface area contributed by atoms with Crippen LogP contribution in [0.1, 0.15) is 48.3 Å². The van der Waals surface area contributed by atoms with Crippen LogP contribution in [0.3, 0.4) is 0 Å². The smallest absolute Gasteiger partial charge is 0.154 e. The van der Waals surface area contributed by atoms with Gasteiger partial charge in [-0.1, -0.05) is 18.2 Å². The van der Waals surface area contributed by atoms with Gasteiger partial charge in [0.05, 0.1) is 0 Å². The van der Waals surface area contributed by atoms with E-state index in [0.717, 1.165) is 24.6 Å². The number of aryl methyl sites for hydroxylation is 1. The van der Waals surface area contributed by atoms with Gasteiger partial charge in [0, 0.05) is 31.1 Å². The highest BCUT2D eigenvalue weighted by atomic mass is 15.3. The summed E-state index contributed by atoms with van der Waals surface area (Å²) < 4.78 is 1.99. The van der Waals surface area contributed by atoms with Crippen molar-refractivity contribution in [3.05, 3.63) is 41.5 Å². The van der Waals surface area contributed by atoms with E-state index in [1.807, 2.05) is 11.7 Å². The SMILES string of the molecule is Cn1nc(C2CC2)nc1C1CCNc2ccccc21. The van der Waals surface area contributed by atoms with Gasteiger partial charge in [0.15, 0.2) is 5.82 Å². The van der Waals surface area contributed by atoms with Crippen molar-refractivity contribution in [2.45, 2.75) is 31.1 Å². The second-order valence-corrected chi connectivity index (χ2v) is 5.58. The molecule has 1 N–H and O–H groups in total. The fourth-order valence-electron chi connectivity index (χ4n) is 2.97. The van der Waals surface area contributed by atoms with Gasteiger partial charge < -0.3 is 5.32 Å². The molecule has 0 radical (unpaired) electrons. The molecule has 1 unspecified atom stereocenters. The molecule has 0 bridgehead atoms. The quantitative estimate of drug-likeness (QED) is 0.896. The van der Waals surface area contributed by atoms with Crippen molar-refractivity contribution in [3.8, 4) is 0 Å². The molecule has 1 atom stereocenters. The number of nitrogens with one attached hydrogen (secondary N) is 1. The number of nitrogens with zero attached hydrogens (tertiary/aromatic N) is 3. The summed E-state index contributed by atoms with van der Waals surface area (Å²) in [6.45, 7) is 1.01. The molecule has 1 saturated carbocycles. The Kier molecular flexibility index (Phi) is 2.37. The van der Waals surface area contributed by atoms with Crippen LogP contribution in [-0.4, -0.2) is 21.3 Å². The predicted octanol–water partition coefficient (Wildman–Crippen LogP) is 2.64. The lowest BCUT2D eigenvalue weighted by atomic mass is 9.90. The molecule has 2 aromatic rings. The lowest BCUT2D eigenvalue weighted by Gasteiger charge is -2.25. The maximum absolute atomic E-state index is 4.82. The molecule has 0 amide bonds. The third-order valence-electron chi connectivity index (χ3n) is 4.15. The molecular weight excluding hydrogens is 236 g/mol. The molecule has 1 aromatic heterocycles. The van der Waals surface area contributed by atoms with Crippen LogP contribution >= 0.6 is 0 Å². The first-order valence-corrected chi connectivity index (χ1v) is 7.06. The molecule has 2 aliphatic rings. The highest BCUT2D eigenvalue weighted by Gasteiger charge is 2.31. The molecule has 4 heteroatoms. The van der Waals surface area contributed by atoms with E-state index in [4.69, 9.17) is 4.98 Å². The average molecular weight is 254 g/mol. The Bertz CT molecular complexity index is 612. The first-order chi connectivity index (χ1) is 9.33. The minimum atomic E-state index is 0.377. The van der Waals surface area contributed by atoms with Gasteiger partial charge in [0.25, 0.3) is 0 Å². The number of hydrogen-bond donors (Lipinski definition) is 1. The van der Waals surface area contributed by atoms with Gasteiger partial charge in [-0.15, -0.1) is 0 Å². The van der Waals surface area contributed by atoms with E-state index in [-0.39, 0.29) is 0 Å². The summed E-state index contributed by atoms with van der Waals surface area (Å²) in [5.41, 5.74) is 2.60. The van der Waals surface area contributed by atoms with Crippen molar-refractivity contribution in [2.75, 3.05) is 11.9 Å². The molecule has 4 rings (SSSR count). The fraction of sp³-hybridized carbons (Fsp3) is 0.467. The standard InChI is InChI=1S/C15H18N4/c1-19-15(17-14(18-19)10-6-7-10)12-8-9-16-13-5-3-2-4-11(12)13/h2-5,10,12,16H,6-9H2,1H3. The van der Waals surface area contributed by atoms with Crippen LogP contribution in [0.4, 0.5) is 5.69 Å². The molecule has 0 spiro atoms. The Balaban J connectivity index is 1.76. The molecule has 1 aromatic carbocycles. The van der Waals surface area contributed by atoms with Crippen molar-refractivity contribution < 1.29 is 0 Å². The molecule has 19 heavy (non-hydrogen) atoms. The van der Waals surface area contributed by atoms with E-state index >= 15 is 0 Å². The molecule has 1 aliphatic carbocycles. The first kappa shape index (κ1) is 11.0. The number of rotatable bonds is 2. The van der Waals surface area contributed by atoms with Crippen LogP contribution in [0, 0.1) is 0 Å². The molecular formula is C15H18N4. The Hall–Kier alpha value is -1.84. The lowest BCUT2D eigenvalue weighted by Crippen LogP contribution is -2.20. The number of hydrogen-bond acceptors (Lipinski definition) is 3. The van der Waals surface area contributed by atoms with E-state index in [1.54, 1.807) is 0 Å². The monoisotopic (exact) mass is 254 g/mol. The van der Waals surface area contributed by atoms with Crippen LogP contribution in [0.15, 0.2) is 24.3 Å². The second-order valence-electron chi connectivity index (χ2n) is 5.58. The summed E-state index contributed by atoms with van der Waals surface area (Å²) in [6, 6.07) is 8.55. The number of anilines is 1. The minimum absolute atomic E-state index is 0.377. The highest BCUT2D eigenvalue weighted by molar-refractivity contribution is 5.56. The third-order valence-corrected chi connectivity index (χ3v) is 4.15. The van der Waals surface area contributed by atoms with Crippen molar-refractivity contribution in [1.82, 2.24) is 14.8 Å². The van der Waals surface area contributed by atoms with Gasteiger partial charge in [-0.3, -0.25) is 4.68 Å². The van der Waals surface area contributed by atoms with Gasteiger partial charge in [-0.05, 0) is 30.9 Å². The highest BCUT2D eigenvalue weighted by Crippen LogP contribution is 2.40. The van der Waals surface area contributed by atoms with Gasteiger partial charge >= 0.3 is 0 Å². The number of aromatic nitrogens is 3. The summed E-state index contributed by atoms with van der Waals surface area (Å²) in [7, 11) is 2.03. The summed E-state index contributed by atoms with van der Waals surface area (Å²) in [6.07, 6.45) is 3.60. The normalized spacial score (nSPS) is 21.8. The van der Waals surface area contributed by atoms with Gasteiger partial charge in [0.1, 0.15) is 5.82 Å². The first-order valence-electron chi connectivity index (χ1n) is 7.06. The zero-order valence-electron chi connectivity index (χ0n) is 11.1. The fourth-order valence-corrected chi connectivity index (χ4v) is 2.97. The second kappa shape index (κ2) is 4.08. The van der Waals surface area contributed by atoms with Gasteiger partial charge in [-0.25, -0.2) is 4.98 Å². The zero-order valence-corrected chi connectivity index (χ0v) is 11.1. The van der Waals surface area contributed by atoms with E-state index in [0.29, 0.717) is 11.8 Å². The topological polar surface area (TPSA) is 42.7 Å². The van der Waals surface area contributed by atoms with Gasteiger partial charge in [-0.2, -0.15) is 5.10 Å².